The zero-order valence-electron chi connectivity index (χ0n) is 13.5. The lowest BCUT2D eigenvalue weighted by atomic mass is 9.47. The van der Waals surface area contributed by atoms with Crippen molar-refractivity contribution in [3.05, 3.63) is 29.3 Å². The molecule has 0 aliphatic heterocycles. The number of carbonyl (C=O) groups is 1. The lowest BCUT2D eigenvalue weighted by Gasteiger charge is -2.59. The molecule has 2 N–H and O–H groups in total. The first-order valence-corrected chi connectivity index (χ1v) is 8.49. The molecule has 3 nitrogen and oxygen atoms in total. The summed E-state index contributed by atoms with van der Waals surface area (Å²) in [6.45, 7) is 4.10. The van der Waals surface area contributed by atoms with E-state index in [1.54, 1.807) is 0 Å². The van der Waals surface area contributed by atoms with Crippen LogP contribution in [-0.4, -0.2) is 16.6 Å². The molecule has 4 bridgehead atoms. The summed E-state index contributed by atoms with van der Waals surface area (Å²) in [5.74, 6) is 1.21. The number of amides is 1. The number of hydrogen-bond acceptors (Lipinski definition) is 2. The van der Waals surface area contributed by atoms with Gasteiger partial charge in [-0.15, -0.1) is 0 Å². The Morgan fingerprint density at radius 3 is 2.45 bits per heavy atom. The largest absolute Gasteiger partial charge is 0.390 e. The molecule has 4 fully saturated rings. The van der Waals surface area contributed by atoms with Gasteiger partial charge in [0.05, 0.1) is 11.0 Å². The molecule has 1 aromatic carbocycles. The minimum Gasteiger partial charge on any atom is -0.390 e. The number of rotatable bonds is 2. The number of nitrogens with one attached hydrogen (secondary N) is 1. The van der Waals surface area contributed by atoms with Crippen LogP contribution in [0.2, 0.25) is 0 Å². The van der Waals surface area contributed by atoms with Gasteiger partial charge in [-0.25, -0.2) is 0 Å². The number of benzene rings is 1. The second kappa shape index (κ2) is 4.58. The molecule has 0 heterocycles. The van der Waals surface area contributed by atoms with Crippen molar-refractivity contribution < 1.29 is 9.90 Å². The van der Waals surface area contributed by atoms with Gasteiger partial charge in [-0.3, -0.25) is 4.79 Å². The van der Waals surface area contributed by atoms with E-state index >= 15 is 0 Å². The van der Waals surface area contributed by atoms with Crippen LogP contribution in [0.4, 0.5) is 5.69 Å². The van der Waals surface area contributed by atoms with Gasteiger partial charge in [-0.1, -0.05) is 17.7 Å². The van der Waals surface area contributed by atoms with Gasteiger partial charge in [0.1, 0.15) is 0 Å². The van der Waals surface area contributed by atoms with Gasteiger partial charge >= 0.3 is 0 Å². The molecular formula is C19H25NO2. The summed E-state index contributed by atoms with van der Waals surface area (Å²) < 4.78 is 0. The van der Waals surface area contributed by atoms with E-state index in [-0.39, 0.29) is 11.3 Å². The van der Waals surface area contributed by atoms with E-state index in [4.69, 9.17) is 0 Å². The smallest absolute Gasteiger partial charge is 0.230 e. The van der Waals surface area contributed by atoms with Crippen LogP contribution in [0.15, 0.2) is 18.2 Å². The van der Waals surface area contributed by atoms with Crippen molar-refractivity contribution in [3.63, 3.8) is 0 Å². The zero-order valence-corrected chi connectivity index (χ0v) is 13.5. The van der Waals surface area contributed by atoms with Gasteiger partial charge in [0, 0.05) is 5.69 Å². The van der Waals surface area contributed by atoms with Gasteiger partial charge in [-0.05, 0) is 75.8 Å². The zero-order chi connectivity index (χ0) is 15.5. The third-order valence-electron chi connectivity index (χ3n) is 6.14. The average molecular weight is 299 g/mol. The predicted octanol–water partition coefficient (Wildman–Crippen LogP) is 3.57. The topological polar surface area (TPSA) is 49.3 Å². The summed E-state index contributed by atoms with van der Waals surface area (Å²) in [5.41, 5.74) is 2.31. The number of anilines is 1. The first-order chi connectivity index (χ1) is 10.4. The van der Waals surface area contributed by atoms with E-state index < -0.39 is 5.60 Å². The molecule has 4 atom stereocenters. The minimum absolute atomic E-state index is 0.131. The first-order valence-electron chi connectivity index (χ1n) is 8.49. The van der Waals surface area contributed by atoms with Crippen molar-refractivity contribution in [2.75, 3.05) is 5.32 Å². The van der Waals surface area contributed by atoms with Crippen molar-refractivity contribution in [3.8, 4) is 0 Å². The molecule has 2 unspecified atom stereocenters. The van der Waals surface area contributed by atoms with E-state index in [1.165, 1.54) is 12.0 Å². The third kappa shape index (κ3) is 2.18. The monoisotopic (exact) mass is 299 g/mol. The van der Waals surface area contributed by atoms with Crippen LogP contribution < -0.4 is 5.32 Å². The van der Waals surface area contributed by atoms with Gasteiger partial charge < -0.3 is 10.4 Å². The van der Waals surface area contributed by atoms with E-state index in [0.717, 1.165) is 36.9 Å². The summed E-state index contributed by atoms with van der Waals surface area (Å²) in [6.07, 6.45) is 5.60. The maximum atomic E-state index is 13.0. The Bertz CT molecular complexity index is 622. The van der Waals surface area contributed by atoms with Crippen molar-refractivity contribution in [2.45, 2.75) is 58.0 Å². The molecule has 4 aliphatic carbocycles. The van der Waals surface area contributed by atoms with Crippen LogP contribution in [0.5, 0.6) is 0 Å². The molecule has 3 heteroatoms. The standard InChI is InChI=1S/C19H25NO2/c1-12-3-4-16(13(2)5-12)20-17(21)18-7-14-6-15(8-18)10-19(22,9-14)11-18/h3-5,14-15,22H,6-11H2,1-2H3,(H,20,21)/t14-,15+,18?,19?. The fraction of sp³-hybridized carbons (Fsp3) is 0.632. The molecule has 1 aromatic rings. The molecule has 0 saturated heterocycles. The van der Waals surface area contributed by atoms with E-state index in [2.05, 4.69) is 18.3 Å². The molecule has 4 saturated carbocycles. The highest BCUT2D eigenvalue weighted by molar-refractivity contribution is 5.96. The van der Waals surface area contributed by atoms with E-state index in [9.17, 15) is 9.90 Å². The molecular weight excluding hydrogens is 274 g/mol. The number of carbonyl (C=O) groups excluding carboxylic acids is 1. The highest BCUT2D eigenvalue weighted by Crippen LogP contribution is 2.61. The lowest BCUT2D eigenvalue weighted by Crippen LogP contribution is -2.59. The van der Waals surface area contributed by atoms with Crippen LogP contribution in [-0.2, 0) is 4.79 Å². The van der Waals surface area contributed by atoms with Crippen molar-refractivity contribution >= 4 is 11.6 Å². The summed E-state index contributed by atoms with van der Waals surface area (Å²) in [5, 5.41) is 14.0. The average Bonchev–Trinajstić information content (AvgIpc) is 2.39. The Morgan fingerprint density at radius 2 is 1.86 bits per heavy atom. The Morgan fingerprint density at radius 1 is 1.18 bits per heavy atom. The van der Waals surface area contributed by atoms with Gasteiger partial charge in [0.25, 0.3) is 0 Å². The highest BCUT2D eigenvalue weighted by atomic mass is 16.3. The quantitative estimate of drug-likeness (QED) is 0.877. The van der Waals surface area contributed by atoms with Crippen molar-refractivity contribution in [1.29, 1.82) is 0 Å². The van der Waals surface area contributed by atoms with Gasteiger partial charge in [0.15, 0.2) is 0 Å². The van der Waals surface area contributed by atoms with Crippen LogP contribution in [0, 0.1) is 31.1 Å². The summed E-state index contributed by atoms with van der Waals surface area (Å²) in [6, 6.07) is 6.14. The maximum absolute atomic E-state index is 13.0. The number of hydrogen-bond donors (Lipinski definition) is 2. The highest BCUT2D eigenvalue weighted by Gasteiger charge is 2.60. The SMILES string of the molecule is Cc1ccc(NC(=O)C23C[C@@H]4C[C@@H](CC(O)(C4)C2)C3)c(C)c1. The number of aryl methyl sites for hydroxylation is 2. The van der Waals surface area contributed by atoms with Crippen LogP contribution in [0.3, 0.4) is 0 Å². The Kier molecular flexibility index (Phi) is 2.96. The predicted molar refractivity (Wildman–Crippen MR) is 86.6 cm³/mol. The summed E-state index contributed by atoms with van der Waals surface area (Å²) in [4.78, 5) is 13.0. The number of aliphatic hydroxyl groups is 1. The molecule has 22 heavy (non-hydrogen) atoms. The lowest BCUT2D eigenvalue weighted by molar-refractivity contribution is -0.174. The second-order valence-electron chi connectivity index (χ2n) is 8.24. The Hall–Kier alpha value is -1.35. The third-order valence-corrected chi connectivity index (χ3v) is 6.14. The van der Waals surface area contributed by atoms with Crippen LogP contribution in [0.25, 0.3) is 0 Å². The van der Waals surface area contributed by atoms with Gasteiger partial charge in [0.2, 0.25) is 5.91 Å². The molecule has 5 rings (SSSR count). The van der Waals surface area contributed by atoms with E-state index in [1.807, 2.05) is 19.1 Å². The normalized spacial score (nSPS) is 39.0. The summed E-state index contributed by atoms with van der Waals surface area (Å²) >= 11 is 0. The van der Waals surface area contributed by atoms with Gasteiger partial charge in [-0.2, -0.15) is 0 Å². The first kappa shape index (κ1) is 14.3. The second-order valence-corrected chi connectivity index (χ2v) is 8.24. The minimum atomic E-state index is -0.580. The molecule has 1 amide bonds. The molecule has 0 radical (unpaired) electrons. The maximum Gasteiger partial charge on any atom is 0.230 e. The van der Waals surface area contributed by atoms with Crippen molar-refractivity contribution in [1.82, 2.24) is 0 Å². The Labute approximate surface area is 132 Å². The van der Waals surface area contributed by atoms with E-state index in [0.29, 0.717) is 18.3 Å². The fourth-order valence-corrected chi connectivity index (χ4v) is 5.69. The molecule has 0 spiro atoms. The molecule has 118 valence electrons. The molecule has 4 aliphatic rings. The van der Waals surface area contributed by atoms with Crippen LogP contribution >= 0.6 is 0 Å². The summed E-state index contributed by atoms with van der Waals surface area (Å²) in [7, 11) is 0. The fourth-order valence-electron chi connectivity index (χ4n) is 5.69. The Balaban J connectivity index is 1.60. The van der Waals surface area contributed by atoms with Crippen LogP contribution in [0.1, 0.15) is 49.7 Å². The van der Waals surface area contributed by atoms with Crippen molar-refractivity contribution in [2.24, 2.45) is 17.3 Å². The molecule has 0 aromatic heterocycles.